The summed E-state index contributed by atoms with van der Waals surface area (Å²) in [6, 6.07) is 24.8. The van der Waals surface area contributed by atoms with E-state index in [0.717, 1.165) is 34.0 Å². The van der Waals surface area contributed by atoms with Gasteiger partial charge in [-0.15, -0.1) is 0 Å². The zero-order chi connectivity index (χ0) is 42.6. The summed E-state index contributed by atoms with van der Waals surface area (Å²) in [6.45, 7) is 9.47. The summed E-state index contributed by atoms with van der Waals surface area (Å²) in [6.07, 6.45) is 5.36. The van der Waals surface area contributed by atoms with Crippen LogP contribution in [0.1, 0.15) is 96.8 Å². The molecule has 0 saturated carbocycles. The van der Waals surface area contributed by atoms with E-state index in [1.807, 2.05) is 119 Å². The van der Waals surface area contributed by atoms with Gasteiger partial charge in [-0.1, -0.05) is 107 Å². The van der Waals surface area contributed by atoms with Gasteiger partial charge in [0.2, 0.25) is 29.5 Å². The quantitative estimate of drug-likeness (QED) is 0.0448. The number of unbranched alkanes of at least 4 members (excludes halogenated alkanes) is 1. The zero-order valence-electron chi connectivity index (χ0n) is 35.3. The molecule has 12 nitrogen and oxygen atoms in total. The Bertz CT molecular complexity index is 1910. The predicted octanol–water partition coefficient (Wildman–Crippen LogP) is 5.98. The number of para-hydroxylation sites is 1. The van der Waals surface area contributed by atoms with Crippen LogP contribution in [-0.2, 0) is 43.2 Å². The molecule has 4 atom stereocenters. The van der Waals surface area contributed by atoms with Gasteiger partial charge in [0.25, 0.3) is 0 Å². The third-order valence-corrected chi connectivity index (χ3v) is 10.8. The van der Waals surface area contributed by atoms with Crippen molar-refractivity contribution in [3.8, 4) is 0 Å². The number of rotatable bonds is 25. The van der Waals surface area contributed by atoms with Gasteiger partial charge in [0.1, 0.15) is 6.04 Å². The van der Waals surface area contributed by atoms with Crippen molar-refractivity contribution in [3.05, 3.63) is 108 Å². The number of hydrogen-bond donors (Lipinski definition) is 6. The highest BCUT2D eigenvalue weighted by atomic mass is 16.2. The Hall–Kier alpha value is -5.49. The maximum absolute atomic E-state index is 14.3. The first kappa shape index (κ1) is 48.9. The third kappa shape index (κ3) is 16.3. The lowest BCUT2D eigenvalue weighted by Crippen LogP contribution is -2.53. The summed E-state index contributed by atoms with van der Waals surface area (Å²) in [4.78, 5) is 73.1. The van der Waals surface area contributed by atoms with Crippen LogP contribution in [-0.4, -0.2) is 83.2 Å². The van der Waals surface area contributed by atoms with Gasteiger partial charge in [0, 0.05) is 80.4 Å². The highest BCUT2D eigenvalue weighted by molar-refractivity contribution is 5.90. The summed E-state index contributed by atoms with van der Waals surface area (Å²) in [5.41, 5.74) is 9.60. The van der Waals surface area contributed by atoms with Gasteiger partial charge < -0.3 is 36.9 Å². The number of nitrogens with one attached hydrogen (secondary N) is 5. The molecule has 1 heterocycles. The molecule has 0 saturated heterocycles. The number of amides is 5. The Morgan fingerprint density at radius 3 is 1.95 bits per heavy atom. The van der Waals surface area contributed by atoms with Gasteiger partial charge in [-0.05, 0) is 74.8 Å². The topological polar surface area (TPSA) is 179 Å². The summed E-state index contributed by atoms with van der Waals surface area (Å²) < 4.78 is 0. The molecule has 4 aromatic rings. The number of aromatic nitrogens is 1. The van der Waals surface area contributed by atoms with Crippen LogP contribution in [0.4, 0.5) is 0 Å². The first-order valence-electron chi connectivity index (χ1n) is 21.3. The Morgan fingerprint density at radius 2 is 1.30 bits per heavy atom. The molecule has 3 aromatic carbocycles. The van der Waals surface area contributed by atoms with Crippen molar-refractivity contribution in [2.75, 3.05) is 19.6 Å². The molecule has 0 bridgehead atoms. The number of fused-ring (bicyclic) bond motifs is 1. The minimum Gasteiger partial charge on any atom is -0.361 e. The average molecular weight is 824 g/mol. The first-order valence-corrected chi connectivity index (χ1v) is 21.3. The number of benzene rings is 3. The Kier molecular flexibility index (Phi) is 21.1. The van der Waals surface area contributed by atoms with Crippen molar-refractivity contribution < 1.29 is 24.0 Å². The number of H-pyrrole nitrogens is 1. The van der Waals surface area contributed by atoms with E-state index >= 15 is 0 Å². The number of hydrogen-bond acceptors (Lipinski definition) is 6. The summed E-state index contributed by atoms with van der Waals surface area (Å²) in [5.74, 6) is -1.24. The van der Waals surface area contributed by atoms with Crippen LogP contribution >= 0.6 is 0 Å². The molecule has 7 N–H and O–H groups in total. The third-order valence-electron chi connectivity index (χ3n) is 10.8. The van der Waals surface area contributed by atoms with Crippen molar-refractivity contribution in [3.63, 3.8) is 0 Å². The maximum Gasteiger partial charge on any atom is 0.243 e. The van der Waals surface area contributed by atoms with Gasteiger partial charge >= 0.3 is 0 Å². The Morgan fingerprint density at radius 1 is 0.683 bits per heavy atom. The van der Waals surface area contributed by atoms with Crippen LogP contribution in [0.3, 0.4) is 0 Å². The van der Waals surface area contributed by atoms with Crippen LogP contribution < -0.4 is 27.0 Å². The van der Waals surface area contributed by atoms with E-state index in [1.54, 1.807) is 4.90 Å². The lowest BCUT2D eigenvalue weighted by molar-refractivity contribution is -0.132. The second-order valence-electron chi connectivity index (χ2n) is 15.7. The van der Waals surface area contributed by atoms with E-state index in [9.17, 15) is 24.0 Å². The van der Waals surface area contributed by atoms with Gasteiger partial charge in [0.15, 0.2) is 0 Å². The van der Waals surface area contributed by atoms with Crippen molar-refractivity contribution in [1.29, 1.82) is 0 Å². The SMILES string of the molecule is C.CCN(CC)C(=O)C[C@@H](NC(=O)C[C@H](CCCCN)NC(=O)[C@@H](Cc1c[nH]c2ccccc12)NC(=O)C[C@H](Cc1ccccc1)NC(=O)CCc1ccccc1)C(C)C. The highest BCUT2D eigenvalue weighted by Gasteiger charge is 2.29. The molecule has 0 unspecified atom stereocenters. The number of nitrogens with zero attached hydrogens (tertiary/aromatic N) is 1. The van der Waals surface area contributed by atoms with Gasteiger partial charge in [-0.2, -0.15) is 0 Å². The summed E-state index contributed by atoms with van der Waals surface area (Å²) in [7, 11) is 0. The van der Waals surface area contributed by atoms with E-state index in [1.165, 1.54) is 0 Å². The standard InChI is InChI=1S/C47H65N7O5.CH4/c1-5-54(6-2)46(58)31-41(33(3)4)52-44(56)29-37(21-15-16-26-48)51-47(59)42(28-36-32-49-40-23-14-13-22-39(36)40)53-45(57)30-38(27-35-19-11-8-12-20-35)50-43(55)25-24-34-17-9-7-10-18-34;/h7-14,17-20,22-23,32-33,37-38,41-42,49H,5-6,15-16,21,24-31,48H2,1-4H3,(H,50,55)(H,51,59)(H,52,56)(H,53,57);1H4/t37-,38-,41+,42+;/m0./s1. The largest absolute Gasteiger partial charge is 0.361 e. The van der Waals surface area contributed by atoms with E-state index in [0.29, 0.717) is 45.3 Å². The molecular weight excluding hydrogens is 755 g/mol. The van der Waals surface area contributed by atoms with Gasteiger partial charge in [-0.25, -0.2) is 0 Å². The maximum atomic E-state index is 14.3. The Balaban J connectivity index is 0.00000961. The van der Waals surface area contributed by atoms with Gasteiger partial charge in [-0.3, -0.25) is 24.0 Å². The number of aromatic amines is 1. The fraction of sp³-hybridized carbons (Fsp3) is 0.479. The highest BCUT2D eigenvalue weighted by Crippen LogP contribution is 2.20. The second kappa shape index (κ2) is 25.9. The fourth-order valence-corrected chi connectivity index (χ4v) is 7.38. The molecule has 1 aromatic heterocycles. The van der Waals surface area contributed by atoms with Crippen molar-refractivity contribution in [2.45, 2.75) is 123 Å². The predicted molar refractivity (Wildman–Crippen MR) is 241 cm³/mol. The average Bonchev–Trinajstić information content (AvgIpc) is 3.63. The molecule has 0 aliphatic heterocycles. The van der Waals surface area contributed by atoms with Crippen LogP contribution in [0.25, 0.3) is 10.9 Å². The van der Waals surface area contributed by atoms with Crippen molar-refractivity contribution in [2.24, 2.45) is 11.7 Å². The number of carbonyl (C=O) groups excluding carboxylic acids is 5. The zero-order valence-corrected chi connectivity index (χ0v) is 35.3. The minimum atomic E-state index is -0.983. The monoisotopic (exact) mass is 824 g/mol. The summed E-state index contributed by atoms with van der Waals surface area (Å²) >= 11 is 0. The van der Waals surface area contributed by atoms with Crippen LogP contribution in [0.15, 0.2) is 91.1 Å². The molecule has 0 fully saturated rings. The molecule has 0 spiro atoms. The Labute approximate surface area is 357 Å². The minimum absolute atomic E-state index is 0. The molecule has 0 radical (unpaired) electrons. The number of aryl methyl sites for hydroxylation is 1. The van der Waals surface area contributed by atoms with E-state index in [4.69, 9.17) is 5.73 Å². The molecule has 12 heteroatoms. The molecule has 0 aliphatic carbocycles. The van der Waals surface area contributed by atoms with Crippen LogP contribution in [0, 0.1) is 5.92 Å². The summed E-state index contributed by atoms with van der Waals surface area (Å²) in [5, 5.41) is 13.2. The van der Waals surface area contributed by atoms with E-state index in [2.05, 4.69) is 26.3 Å². The van der Waals surface area contributed by atoms with Crippen LogP contribution in [0.5, 0.6) is 0 Å². The first-order chi connectivity index (χ1) is 28.5. The molecule has 326 valence electrons. The number of carbonyl (C=O) groups is 5. The molecule has 60 heavy (non-hydrogen) atoms. The molecule has 0 aliphatic rings. The second-order valence-corrected chi connectivity index (χ2v) is 15.7. The smallest absolute Gasteiger partial charge is 0.243 e. The molecule has 4 rings (SSSR count). The van der Waals surface area contributed by atoms with Crippen molar-refractivity contribution >= 4 is 40.4 Å². The lowest BCUT2D eigenvalue weighted by Gasteiger charge is -2.28. The van der Waals surface area contributed by atoms with Gasteiger partial charge in [0.05, 0.1) is 0 Å². The van der Waals surface area contributed by atoms with E-state index < -0.39 is 24.0 Å². The lowest BCUT2D eigenvalue weighted by atomic mass is 9.98. The fourth-order valence-electron chi connectivity index (χ4n) is 7.38. The number of nitrogens with two attached hydrogens (primary N) is 1. The molecule has 5 amide bonds. The molecular formula is C48H69N7O5. The normalized spacial score (nSPS) is 13.0. The van der Waals surface area contributed by atoms with E-state index in [-0.39, 0.29) is 75.1 Å². The van der Waals surface area contributed by atoms with Crippen LogP contribution in [0.2, 0.25) is 0 Å². The van der Waals surface area contributed by atoms with Crippen molar-refractivity contribution in [1.82, 2.24) is 31.2 Å².